The minimum absolute atomic E-state index is 0.0519. The molecule has 0 fully saturated rings. The van der Waals surface area contributed by atoms with E-state index < -0.39 is 9.84 Å². The molecule has 0 spiro atoms. The lowest BCUT2D eigenvalue weighted by Gasteiger charge is -2.02. The first-order chi connectivity index (χ1) is 7.05. The van der Waals surface area contributed by atoms with Gasteiger partial charge in [-0.25, -0.2) is 8.42 Å². The summed E-state index contributed by atoms with van der Waals surface area (Å²) in [5.74, 6) is 0.138. The number of rotatable bonds is 6. The molecule has 1 rings (SSSR count). The molecule has 0 radical (unpaired) electrons. The molecule has 0 N–H and O–H groups in total. The number of hydrogen-bond acceptors (Lipinski definition) is 6. The first kappa shape index (κ1) is 12.4. The van der Waals surface area contributed by atoms with Crippen molar-refractivity contribution in [2.45, 2.75) is 31.2 Å². The van der Waals surface area contributed by atoms with Gasteiger partial charge in [-0.2, -0.15) is 4.37 Å². The van der Waals surface area contributed by atoms with Gasteiger partial charge >= 0.3 is 0 Å². The van der Waals surface area contributed by atoms with Crippen molar-refractivity contribution in [3.05, 3.63) is 0 Å². The van der Waals surface area contributed by atoms with Crippen LogP contribution in [0.5, 0.6) is 5.88 Å². The Morgan fingerprint density at radius 1 is 1.33 bits per heavy atom. The zero-order valence-corrected chi connectivity index (χ0v) is 10.4. The summed E-state index contributed by atoms with van der Waals surface area (Å²) in [6, 6.07) is 0. The summed E-state index contributed by atoms with van der Waals surface area (Å²) in [6.45, 7) is 2.58. The molecule has 0 saturated carbocycles. The summed E-state index contributed by atoms with van der Waals surface area (Å²) in [5, 5.41) is -0.0519. The summed E-state index contributed by atoms with van der Waals surface area (Å²) >= 11 is 0.853. The quantitative estimate of drug-likeness (QED) is 0.716. The first-order valence-electron chi connectivity index (χ1n) is 4.71. The standard InChI is InChI=1S/C8H14N2O3S2/c1-3-4-5-6-13-7-8(10-14-9-7)15(2,11)12/h3-6H2,1-2H3. The summed E-state index contributed by atoms with van der Waals surface area (Å²) in [4.78, 5) is 0. The van der Waals surface area contributed by atoms with Crippen LogP contribution in [0.25, 0.3) is 0 Å². The van der Waals surface area contributed by atoms with Crippen molar-refractivity contribution in [3.8, 4) is 5.88 Å². The van der Waals surface area contributed by atoms with E-state index in [0.29, 0.717) is 6.61 Å². The van der Waals surface area contributed by atoms with Crippen LogP contribution >= 0.6 is 11.7 Å². The van der Waals surface area contributed by atoms with E-state index in [1.807, 2.05) is 0 Å². The number of unbranched alkanes of at least 4 members (excludes halogenated alkanes) is 2. The molecule has 0 aromatic carbocycles. The van der Waals surface area contributed by atoms with Gasteiger partial charge in [0.15, 0.2) is 9.84 Å². The number of hydrogen-bond donors (Lipinski definition) is 0. The molecule has 1 heterocycles. The highest BCUT2D eigenvalue weighted by Gasteiger charge is 2.19. The van der Waals surface area contributed by atoms with Gasteiger partial charge in [0.25, 0.3) is 5.88 Å². The largest absolute Gasteiger partial charge is 0.475 e. The van der Waals surface area contributed by atoms with Crippen LogP contribution in [0.2, 0.25) is 0 Å². The van der Waals surface area contributed by atoms with Crippen LogP contribution < -0.4 is 4.74 Å². The van der Waals surface area contributed by atoms with Gasteiger partial charge < -0.3 is 4.74 Å². The Kier molecular flexibility index (Phi) is 4.46. The van der Waals surface area contributed by atoms with Gasteiger partial charge in [0.2, 0.25) is 5.03 Å². The highest BCUT2D eigenvalue weighted by Crippen LogP contribution is 2.20. The number of aromatic nitrogens is 2. The van der Waals surface area contributed by atoms with Crippen LogP contribution in [0.1, 0.15) is 26.2 Å². The number of nitrogens with zero attached hydrogens (tertiary/aromatic N) is 2. The lowest BCUT2D eigenvalue weighted by atomic mass is 10.3. The van der Waals surface area contributed by atoms with Crippen molar-refractivity contribution >= 4 is 21.6 Å². The molecule has 7 heteroatoms. The summed E-state index contributed by atoms with van der Waals surface area (Å²) in [6.07, 6.45) is 4.16. The SMILES string of the molecule is CCCCCOc1nsnc1S(C)(=O)=O. The van der Waals surface area contributed by atoms with Gasteiger partial charge in [0.05, 0.1) is 18.3 Å². The number of sulfone groups is 1. The molecule has 0 aliphatic rings. The normalized spacial score (nSPS) is 11.6. The molecule has 0 bridgehead atoms. The van der Waals surface area contributed by atoms with E-state index in [1.54, 1.807) is 0 Å². The Morgan fingerprint density at radius 2 is 2.07 bits per heavy atom. The van der Waals surface area contributed by atoms with Crippen LogP contribution in [0.3, 0.4) is 0 Å². The van der Waals surface area contributed by atoms with Gasteiger partial charge in [-0.1, -0.05) is 19.8 Å². The smallest absolute Gasteiger partial charge is 0.265 e. The minimum Gasteiger partial charge on any atom is -0.475 e. The van der Waals surface area contributed by atoms with Crippen LogP contribution in [0, 0.1) is 0 Å². The second-order valence-corrected chi connectivity index (χ2v) is 5.66. The molecule has 0 unspecified atom stereocenters. The van der Waals surface area contributed by atoms with Crippen molar-refractivity contribution in [1.82, 2.24) is 8.75 Å². The maximum atomic E-state index is 11.2. The first-order valence-corrected chi connectivity index (χ1v) is 7.33. The second-order valence-electron chi connectivity index (χ2n) is 3.20. The Bertz CT molecular complexity index is 400. The van der Waals surface area contributed by atoms with Crippen LogP contribution in [-0.4, -0.2) is 30.0 Å². The van der Waals surface area contributed by atoms with Gasteiger partial charge in [0, 0.05) is 6.26 Å². The molecule has 1 aromatic rings. The summed E-state index contributed by atoms with van der Waals surface area (Å²) in [5.41, 5.74) is 0. The topological polar surface area (TPSA) is 69.2 Å². The van der Waals surface area contributed by atoms with Gasteiger partial charge in [-0.05, 0) is 6.42 Å². The van der Waals surface area contributed by atoms with Gasteiger partial charge in [-0.15, -0.1) is 4.37 Å². The fourth-order valence-electron chi connectivity index (χ4n) is 1.01. The Labute approximate surface area is 93.7 Å². The van der Waals surface area contributed by atoms with Crippen molar-refractivity contribution in [2.75, 3.05) is 12.9 Å². The third kappa shape index (κ3) is 3.75. The molecule has 0 atom stereocenters. The van der Waals surface area contributed by atoms with Crippen LogP contribution in [0.15, 0.2) is 5.03 Å². The third-order valence-electron chi connectivity index (χ3n) is 1.77. The maximum absolute atomic E-state index is 11.2. The van der Waals surface area contributed by atoms with E-state index in [9.17, 15) is 8.42 Å². The summed E-state index contributed by atoms with van der Waals surface area (Å²) < 4.78 is 35.2. The molecule has 0 aliphatic heterocycles. The van der Waals surface area contributed by atoms with E-state index in [4.69, 9.17) is 4.74 Å². The fourth-order valence-corrected chi connectivity index (χ4v) is 2.54. The molecule has 1 aromatic heterocycles. The molecular formula is C8H14N2O3S2. The molecule has 15 heavy (non-hydrogen) atoms. The van der Waals surface area contributed by atoms with Gasteiger partial charge in [0.1, 0.15) is 0 Å². The molecule has 0 amide bonds. The fraction of sp³-hybridized carbons (Fsp3) is 0.750. The van der Waals surface area contributed by atoms with Crippen molar-refractivity contribution in [1.29, 1.82) is 0 Å². The second kappa shape index (κ2) is 5.41. The van der Waals surface area contributed by atoms with Crippen molar-refractivity contribution < 1.29 is 13.2 Å². The van der Waals surface area contributed by atoms with Gasteiger partial charge in [-0.3, -0.25) is 0 Å². The van der Waals surface area contributed by atoms with Crippen molar-refractivity contribution in [2.24, 2.45) is 0 Å². The third-order valence-corrected chi connectivity index (χ3v) is 3.36. The average molecular weight is 250 g/mol. The van der Waals surface area contributed by atoms with Crippen molar-refractivity contribution in [3.63, 3.8) is 0 Å². The monoisotopic (exact) mass is 250 g/mol. The van der Waals surface area contributed by atoms with Crippen LogP contribution in [-0.2, 0) is 9.84 Å². The van der Waals surface area contributed by atoms with E-state index in [2.05, 4.69) is 15.7 Å². The lowest BCUT2D eigenvalue weighted by molar-refractivity contribution is 0.289. The van der Waals surface area contributed by atoms with E-state index in [0.717, 1.165) is 37.2 Å². The molecular weight excluding hydrogens is 236 g/mol. The lowest BCUT2D eigenvalue weighted by Crippen LogP contribution is -2.04. The van der Waals surface area contributed by atoms with Crippen LogP contribution in [0.4, 0.5) is 0 Å². The summed E-state index contributed by atoms with van der Waals surface area (Å²) in [7, 11) is -3.32. The van der Waals surface area contributed by atoms with E-state index in [-0.39, 0.29) is 10.9 Å². The Hall–Kier alpha value is -0.690. The molecule has 86 valence electrons. The maximum Gasteiger partial charge on any atom is 0.265 e. The number of ether oxygens (including phenoxy) is 1. The molecule has 0 aliphatic carbocycles. The molecule has 5 nitrogen and oxygen atoms in total. The minimum atomic E-state index is -3.32. The van der Waals surface area contributed by atoms with E-state index >= 15 is 0 Å². The Balaban J connectivity index is 2.59. The highest BCUT2D eigenvalue weighted by molar-refractivity contribution is 7.90. The Morgan fingerprint density at radius 3 is 2.67 bits per heavy atom. The predicted octanol–water partition coefficient (Wildman–Crippen LogP) is 1.51. The zero-order valence-electron chi connectivity index (χ0n) is 8.76. The highest BCUT2D eigenvalue weighted by atomic mass is 32.2. The zero-order chi connectivity index (χ0) is 11.3. The molecule has 0 saturated heterocycles. The van der Waals surface area contributed by atoms with E-state index in [1.165, 1.54) is 0 Å². The predicted molar refractivity (Wildman–Crippen MR) is 58.0 cm³/mol. The average Bonchev–Trinajstić information content (AvgIpc) is 2.59.